The van der Waals surface area contributed by atoms with Crippen LogP contribution in [0.2, 0.25) is 0 Å². The van der Waals surface area contributed by atoms with E-state index in [1.807, 2.05) is 41.5 Å². The topological polar surface area (TPSA) is 59.2 Å². The summed E-state index contributed by atoms with van der Waals surface area (Å²) in [6.45, 7) is 3.45. The van der Waals surface area contributed by atoms with Crippen molar-refractivity contribution in [3.05, 3.63) is 45.3 Å². The molecule has 124 valence electrons. The largest absolute Gasteiger partial charge is 0.420 e. The second-order valence-corrected chi connectivity index (χ2v) is 8.16. The summed E-state index contributed by atoms with van der Waals surface area (Å²) in [4.78, 5) is 17.5. The molecule has 1 saturated heterocycles. The van der Waals surface area contributed by atoms with Crippen LogP contribution < -0.4 is 0 Å². The Kier molecular flexibility index (Phi) is 4.20. The summed E-state index contributed by atoms with van der Waals surface area (Å²) in [6.07, 6.45) is 1.93. The molecular weight excluding hydrogens is 342 g/mol. The van der Waals surface area contributed by atoms with E-state index in [1.54, 1.807) is 22.7 Å². The first-order valence-corrected chi connectivity index (χ1v) is 9.63. The van der Waals surface area contributed by atoms with Gasteiger partial charge < -0.3 is 9.32 Å². The SMILES string of the molecule is Cc1ccc(C(=O)N2CCCC(c3nnc(-c4cccs4)o3)C2)s1. The minimum absolute atomic E-state index is 0.107. The Balaban J connectivity index is 1.50. The average molecular weight is 359 g/mol. The Morgan fingerprint density at radius 2 is 2.25 bits per heavy atom. The smallest absolute Gasteiger partial charge is 0.263 e. The summed E-state index contributed by atoms with van der Waals surface area (Å²) in [5, 5.41) is 10.4. The third-order valence-electron chi connectivity index (χ3n) is 4.18. The average Bonchev–Trinajstić information content (AvgIpc) is 3.35. The van der Waals surface area contributed by atoms with Gasteiger partial charge in [0.1, 0.15) is 0 Å². The van der Waals surface area contributed by atoms with Crippen LogP contribution in [0.3, 0.4) is 0 Å². The number of carbonyl (C=O) groups excluding carboxylic acids is 1. The minimum Gasteiger partial charge on any atom is -0.420 e. The van der Waals surface area contributed by atoms with Crippen molar-refractivity contribution >= 4 is 28.6 Å². The molecule has 1 atom stereocenters. The highest BCUT2D eigenvalue weighted by molar-refractivity contribution is 7.14. The number of hydrogen-bond acceptors (Lipinski definition) is 6. The van der Waals surface area contributed by atoms with E-state index in [9.17, 15) is 4.79 Å². The van der Waals surface area contributed by atoms with Crippen LogP contribution >= 0.6 is 22.7 Å². The van der Waals surface area contributed by atoms with Crippen molar-refractivity contribution < 1.29 is 9.21 Å². The lowest BCUT2D eigenvalue weighted by atomic mass is 9.98. The Labute approximate surface area is 147 Å². The van der Waals surface area contributed by atoms with Gasteiger partial charge in [-0.1, -0.05) is 6.07 Å². The molecule has 0 aromatic carbocycles. The van der Waals surface area contributed by atoms with Gasteiger partial charge in [-0.2, -0.15) is 0 Å². The van der Waals surface area contributed by atoms with E-state index in [2.05, 4.69) is 10.2 Å². The van der Waals surface area contributed by atoms with Crippen LogP contribution in [0.1, 0.15) is 39.2 Å². The molecule has 4 rings (SSSR count). The van der Waals surface area contributed by atoms with E-state index in [0.29, 0.717) is 18.3 Å². The Hall–Kier alpha value is -1.99. The fourth-order valence-electron chi connectivity index (χ4n) is 2.97. The monoisotopic (exact) mass is 359 g/mol. The molecule has 0 N–H and O–H groups in total. The molecule has 0 saturated carbocycles. The zero-order valence-electron chi connectivity index (χ0n) is 13.3. The van der Waals surface area contributed by atoms with Gasteiger partial charge in [-0.3, -0.25) is 4.79 Å². The number of likely N-dealkylation sites (tertiary alicyclic amines) is 1. The predicted octanol–water partition coefficient (Wildman–Crippen LogP) is 4.19. The van der Waals surface area contributed by atoms with Crippen molar-refractivity contribution in [3.63, 3.8) is 0 Å². The number of thiophene rings is 2. The normalized spacial score (nSPS) is 18.0. The van der Waals surface area contributed by atoms with Gasteiger partial charge in [0.25, 0.3) is 11.8 Å². The predicted molar refractivity (Wildman–Crippen MR) is 94.5 cm³/mol. The molecule has 4 heterocycles. The lowest BCUT2D eigenvalue weighted by Crippen LogP contribution is -2.38. The van der Waals surface area contributed by atoms with Crippen LogP contribution in [-0.2, 0) is 0 Å². The van der Waals surface area contributed by atoms with Crippen molar-refractivity contribution in [2.75, 3.05) is 13.1 Å². The van der Waals surface area contributed by atoms with E-state index in [0.717, 1.165) is 34.0 Å². The summed E-state index contributed by atoms with van der Waals surface area (Å²) >= 11 is 3.13. The van der Waals surface area contributed by atoms with Crippen LogP contribution in [-0.4, -0.2) is 34.1 Å². The molecule has 1 amide bonds. The number of aryl methyl sites for hydroxylation is 1. The molecule has 1 fully saturated rings. The molecule has 0 spiro atoms. The van der Waals surface area contributed by atoms with Gasteiger partial charge in [0.2, 0.25) is 5.89 Å². The second-order valence-electron chi connectivity index (χ2n) is 5.92. The van der Waals surface area contributed by atoms with Crippen LogP contribution in [0, 0.1) is 6.92 Å². The molecule has 24 heavy (non-hydrogen) atoms. The van der Waals surface area contributed by atoms with Gasteiger partial charge >= 0.3 is 0 Å². The number of hydrogen-bond donors (Lipinski definition) is 0. The number of aromatic nitrogens is 2. The van der Waals surface area contributed by atoms with Gasteiger partial charge in [-0.15, -0.1) is 32.9 Å². The molecular formula is C17H17N3O2S2. The summed E-state index contributed by atoms with van der Waals surface area (Å²) in [6, 6.07) is 7.84. The molecule has 0 radical (unpaired) electrons. The first-order valence-electron chi connectivity index (χ1n) is 7.93. The van der Waals surface area contributed by atoms with E-state index >= 15 is 0 Å². The number of rotatable bonds is 3. The van der Waals surface area contributed by atoms with E-state index in [1.165, 1.54) is 0 Å². The molecule has 3 aromatic rings. The van der Waals surface area contributed by atoms with Crippen molar-refractivity contribution in [1.29, 1.82) is 0 Å². The summed E-state index contributed by atoms with van der Waals surface area (Å²) in [5.41, 5.74) is 0. The van der Waals surface area contributed by atoms with E-state index < -0.39 is 0 Å². The van der Waals surface area contributed by atoms with Crippen molar-refractivity contribution in [2.45, 2.75) is 25.7 Å². The van der Waals surface area contributed by atoms with Crippen LogP contribution in [0.15, 0.2) is 34.1 Å². The first kappa shape index (κ1) is 15.5. The van der Waals surface area contributed by atoms with Crippen LogP contribution in [0.25, 0.3) is 10.8 Å². The Bertz CT molecular complexity index is 838. The lowest BCUT2D eigenvalue weighted by molar-refractivity contribution is 0.0703. The number of amides is 1. The van der Waals surface area contributed by atoms with Gasteiger partial charge in [0.15, 0.2) is 0 Å². The molecule has 7 heteroatoms. The third-order valence-corrected chi connectivity index (χ3v) is 6.03. The first-order chi connectivity index (χ1) is 11.7. The Morgan fingerprint density at radius 3 is 3.00 bits per heavy atom. The molecule has 3 aromatic heterocycles. The van der Waals surface area contributed by atoms with E-state index in [-0.39, 0.29) is 11.8 Å². The second kappa shape index (κ2) is 6.49. The third kappa shape index (κ3) is 3.01. The minimum atomic E-state index is 0.107. The maximum atomic E-state index is 12.7. The maximum Gasteiger partial charge on any atom is 0.263 e. The zero-order chi connectivity index (χ0) is 16.5. The standard InChI is InChI=1S/C17H17N3O2S2/c1-11-6-7-14(24-11)17(21)20-8-2-4-12(10-20)15-18-19-16(22-15)13-5-3-9-23-13/h3,5-7,9,12H,2,4,8,10H2,1H3. The highest BCUT2D eigenvalue weighted by Crippen LogP contribution is 2.31. The molecule has 0 aliphatic carbocycles. The zero-order valence-corrected chi connectivity index (χ0v) is 14.9. The Morgan fingerprint density at radius 1 is 1.33 bits per heavy atom. The van der Waals surface area contributed by atoms with Gasteiger partial charge in [-0.05, 0) is 43.3 Å². The van der Waals surface area contributed by atoms with E-state index in [4.69, 9.17) is 4.42 Å². The molecule has 1 aliphatic heterocycles. The van der Waals surface area contributed by atoms with Crippen LogP contribution in [0.5, 0.6) is 0 Å². The summed E-state index contributed by atoms with van der Waals surface area (Å²) < 4.78 is 5.86. The van der Waals surface area contributed by atoms with Crippen molar-refractivity contribution in [3.8, 4) is 10.8 Å². The summed E-state index contributed by atoms with van der Waals surface area (Å²) in [5.74, 6) is 1.43. The van der Waals surface area contributed by atoms with Gasteiger partial charge in [0.05, 0.1) is 15.7 Å². The quantitative estimate of drug-likeness (QED) is 0.704. The summed E-state index contributed by atoms with van der Waals surface area (Å²) in [7, 11) is 0. The molecule has 0 bridgehead atoms. The number of nitrogens with zero attached hydrogens (tertiary/aromatic N) is 3. The van der Waals surface area contributed by atoms with Crippen molar-refractivity contribution in [2.24, 2.45) is 0 Å². The van der Waals surface area contributed by atoms with Crippen molar-refractivity contribution in [1.82, 2.24) is 15.1 Å². The fraction of sp³-hybridized carbons (Fsp3) is 0.353. The molecule has 5 nitrogen and oxygen atoms in total. The molecule has 1 unspecified atom stereocenters. The highest BCUT2D eigenvalue weighted by atomic mass is 32.1. The fourth-order valence-corrected chi connectivity index (χ4v) is 4.45. The number of piperidine rings is 1. The van der Waals surface area contributed by atoms with Gasteiger partial charge in [0, 0.05) is 18.0 Å². The van der Waals surface area contributed by atoms with Gasteiger partial charge in [-0.25, -0.2) is 0 Å². The maximum absolute atomic E-state index is 12.7. The lowest BCUT2D eigenvalue weighted by Gasteiger charge is -2.30. The van der Waals surface area contributed by atoms with Crippen LogP contribution in [0.4, 0.5) is 0 Å². The number of carbonyl (C=O) groups is 1. The highest BCUT2D eigenvalue weighted by Gasteiger charge is 2.29. The molecule has 1 aliphatic rings.